The van der Waals surface area contributed by atoms with E-state index in [0.717, 1.165) is 0 Å². The summed E-state index contributed by atoms with van der Waals surface area (Å²) in [5.74, 6) is -3.30. The lowest BCUT2D eigenvalue weighted by molar-refractivity contribution is 0.599. The standard InChI is InChI=1S/C7H5Cl2OPS/c8-11(9,10)7(12)6-4-2-1-3-5-6/h1-5H. The first kappa shape index (κ1) is 10.2. The molecule has 0 fully saturated rings. The summed E-state index contributed by atoms with van der Waals surface area (Å²) in [4.78, 5) is 0. The molecule has 0 unspecified atom stereocenters. The third kappa shape index (κ3) is 2.56. The minimum absolute atomic E-state index is 0.117. The van der Waals surface area contributed by atoms with Crippen molar-refractivity contribution in [3.8, 4) is 0 Å². The molecule has 0 heterocycles. The Bertz CT molecular complexity index is 333. The van der Waals surface area contributed by atoms with E-state index in [1.54, 1.807) is 24.3 Å². The predicted octanol–water partition coefficient (Wildman–Crippen LogP) is 4.03. The molecule has 1 rings (SSSR count). The highest BCUT2D eigenvalue weighted by Crippen LogP contribution is 2.59. The fourth-order valence-electron chi connectivity index (χ4n) is 0.731. The third-order valence-electron chi connectivity index (χ3n) is 1.26. The van der Waals surface area contributed by atoms with Gasteiger partial charge in [0.2, 0.25) is 0 Å². The van der Waals surface area contributed by atoms with Crippen LogP contribution in [0.5, 0.6) is 0 Å². The van der Waals surface area contributed by atoms with E-state index < -0.39 is 5.85 Å². The van der Waals surface area contributed by atoms with Crippen molar-refractivity contribution in [1.82, 2.24) is 0 Å². The molecule has 0 saturated carbocycles. The highest BCUT2D eigenvalue weighted by molar-refractivity contribution is 8.26. The molecule has 0 aliphatic heterocycles. The number of hydrogen-bond acceptors (Lipinski definition) is 2. The van der Waals surface area contributed by atoms with Crippen LogP contribution >= 0.6 is 40.5 Å². The van der Waals surface area contributed by atoms with Gasteiger partial charge in [0.05, 0.1) is 0 Å². The molecule has 1 nitrogen and oxygen atoms in total. The lowest BCUT2D eigenvalue weighted by Crippen LogP contribution is -1.90. The summed E-state index contributed by atoms with van der Waals surface area (Å²) < 4.78 is 11.2. The Morgan fingerprint density at radius 3 is 2.17 bits per heavy atom. The van der Waals surface area contributed by atoms with Crippen molar-refractivity contribution in [2.24, 2.45) is 0 Å². The molecule has 12 heavy (non-hydrogen) atoms. The first-order valence-electron chi connectivity index (χ1n) is 3.11. The van der Waals surface area contributed by atoms with Crippen molar-refractivity contribution in [3.05, 3.63) is 35.9 Å². The van der Waals surface area contributed by atoms with Crippen molar-refractivity contribution in [3.63, 3.8) is 0 Å². The van der Waals surface area contributed by atoms with Crippen molar-refractivity contribution in [2.75, 3.05) is 0 Å². The van der Waals surface area contributed by atoms with E-state index in [9.17, 15) is 4.57 Å². The summed E-state index contributed by atoms with van der Waals surface area (Å²) in [7, 11) is 0. The quantitative estimate of drug-likeness (QED) is 0.572. The molecule has 0 N–H and O–H groups in total. The van der Waals surface area contributed by atoms with Crippen molar-refractivity contribution < 1.29 is 4.57 Å². The molecule has 0 saturated heterocycles. The van der Waals surface area contributed by atoms with Gasteiger partial charge < -0.3 is 0 Å². The van der Waals surface area contributed by atoms with E-state index in [-0.39, 0.29) is 4.61 Å². The molecule has 0 amide bonds. The molecule has 1 aromatic rings. The summed E-state index contributed by atoms with van der Waals surface area (Å²) in [5.41, 5.74) is 0.640. The Kier molecular flexibility index (Phi) is 3.30. The van der Waals surface area contributed by atoms with Gasteiger partial charge in [-0.25, -0.2) is 0 Å². The monoisotopic (exact) mass is 238 g/mol. The molecule has 0 aromatic heterocycles. The van der Waals surface area contributed by atoms with Gasteiger partial charge in [-0.3, -0.25) is 4.57 Å². The summed E-state index contributed by atoms with van der Waals surface area (Å²) >= 11 is 15.6. The maximum absolute atomic E-state index is 11.1. The van der Waals surface area contributed by atoms with Crippen LogP contribution in [0, 0.1) is 0 Å². The first-order chi connectivity index (χ1) is 5.52. The van der Waals surface area contributed by atoms with Crippen LogP contribution in [-0.2, 0) is 4.57 Å². The van der Waals surface area contributed by atoms with Crippen LogP contribution in [0.25, 0.3) is 0 Å². The Morgan fingerprint density at radius 2 is 1.75 bits per heavy atom. The Balaban J connectivity index is 3.03. The van der Waals surface area contributed by atoms with Gasteiger partial charge in [-0.1, -0.05) is 42.5 Å². The lowest BCUT2D eigenvalue weighted by atomic mass is 10.2. The largest absolute Gasteiger partial charge is 0.292 e. The van der Waals surface area contributed by atoms with E-state index in [1.165, 1.54) is 0 Å². The van der Waals surface area contributed by atoms with Gasteiger partial charge in [-0.2, -0.15) is 0 Å². The fraction of sp³-hybridized carbons (Fsp3) is 0. The SMILES string of the molecule is O=P(Cl)(Cl)C(=S)c1ccccc1. The van der Waals surface area contributed by atoms with E-state index in [2.05, 4.69) is 0 Å². The molecule has 5 heteroatoms. The van der Waals surface area contributed by atoms with Gasteiger partial charge >= 0.3 is 0 Å². The van der Waals surface area contributed by atoms with Gasteiger partial charge in [-0.15, -0.1) is 0 Å². The average molecular weight is 239 g/mol. The molecule has 1 aromatic carbocycles. The smallest absolute Gasteiger partial charge is 0.283 e. The molecule has 0 aliphatic carbocycles. The topological polar surface area (TPSA) is 17.1 Å². The van der Waals surface area contributed by atoms with Crippen LogP contribution in [0.15, 0.2) is 30.3 Å². The number of benzene rings is 1. The van der Waals surface area contributed by atoms with Gasteiger partial charge in [0.25, 0.3) is 5.85 Å². The molecule has 0 atom stereocenters. The lowest BCUT2D eigenvalue weighted by Gasteiger charge is -2.02. The molecule has 0 aliphatic rings. The van der Waals surface area contributed by atoms with Gasteiger partial charge in [-0.05, 0) is 28.0 Å². The van der Waals surface area contributed by atoms with Gasteiger partial charge in [0, 0.05) is 0 Å². The normalized spacial score (nSPS) is 11.2. The zero-order chi connectivity index (χ0) is 9.19. The minimum Gasteiger partial charge on any atom is -0.283 e. The first-order valence-corrected chi connectivity index (χ1v) is 7.03. The van der Waals surface area contributed by atoms with E-state index in [0.29, 0.717) is 5.56 Å². The van der Waals surface area contributed by atoms with Gasteiger partial charge in [0.1, 0.15) is 4.61 Å². The van der Waals surface area contributed by atoms with Crippen LogP contribution in [0.2, 0.25) is 0 Å². The molecular weight excluding hydrogens is 234 g/mol. The second kappa shape index (κ2) is 3.89. The Morgan fingerprint density at radius 1 is 1.25 bits per heavy atom. The number of halogens is 2. The van der Waals surface area contributed by atoms with E-state index >= 15 is 0 Å². The number of hydrogen-bond donors (Lipinski definition) is 0. The van der Waals surface area contributed by atoms with E-state index in [4.69, 9.17) is 34.7 Å². The summed E-state index contributed by atoms with van der Waals surface area (Å²) in [6, 6.07) is 8.84. The highest BCUT2D eigenvalue weighted by Gasteiger charge is 2.21. The second-order valence-corrected chi connectivity index (χ2v) is 7.59. The zero-order valence-electron chi connectivity index (χ0n) is 5.91. The maximum atomic E-state index is 11.1. The van der Waals surface area contributed by atoms with Crippen LogP contribution < -0.4 is 0 Å². The van der Waals surface area contributed by atoms with Crippen LogP contribution in [0.4, 0.5) is 0 Å². The van der Waals surface area contributed by atoms with Crippen molar-refractivity contribution in [1.29, 1.82) is 0 Å². The van der Waals surface area contributed by atoms with Crippen molar-refractivity contribution >= 4 is 45.2 Å². The molecule has 0 bridgehead atoms. The summed E-state index contributed by atoms with van der Waals surface area (Å²) in [6.07, 6.45) is 0. The fourth-order valence-corrected chi connectivity index (χ4v) is 1.90. The van der Waals surface area contributed by atoms with Crippen LogP contribution in [0.3, 0.4) is 0 Å². The van der Waals surface area contributed by atoms with Gasteiger partial charge in [0.15, 0.2) is 0 Å². The molecule has 64 valence electrons. The Hall–Kier alpha value is 0.120. The average Bonchev–Trinajstić information content (AvgIpc) is 2.03. The number of thiocarbonyl (C=S) groups is 1. The zero-order valence-corrected chi connectivity index (χ0v) is 9.13. The number of rotatable bonds is 2. The third-order valence-corrected chi connectivity index (χ3v) is 4.61. The molecule has 0 spiro atoms. The summed E-state index contributed by atoms with van der Waals surface area (Å²) in [5, 5.41) is 0. The van der Waals surface area contributed by atoms with Crippen LogP contribution in [0.1, 0.15) is 5.56 Å². The summed E-state index contributed by atoms with van der Waals surface area (Å²) in [6.45, 7) is 0. The second-order valence-electron chi connectivity index (χ2n) is 2.13. The minimum atomic E-state index is -3.30. The predicted molar refractivity (Wildman–Crippen MR) is 57.5 cm³/mol. The molecular formula is C7H5Cl2OPS. The highest BCUT2D eigenvalue weighted by atomic mass is 35.9. The van der Waals surface area contributed by atoms with E-state index in [1.807, 2.05) is 6.07 Å². The maximum Gasteiger partial charge on any atom is 0.292 e. The van der Waals surface area contributed by atoms with Crippen molar-refractivity contribution in [2.45, 2.75) is 0 Å². The van der Waals surface area contributed by atoms with Crippen LogP contribution in [-0.4, -0.2) is 4.61 Å². The molecule has 0 radical (unpaired) electrons. The Labute approximate surface area is 85.6 Å².